The zero-order valence-corrected chi connectivity index (χ0v) is 16.9. The molecule has 0 aliphatic rings. The topological polar surface area (TPSA) is 91.9 Å². The fourth-order valence-corrected chi connectivity index (χ4v) is 2.68. The molecule has 30 heavy (non-hydrogen) atoms. The van der Waals surface area contributed by atoms with E-state index >= 15 is 0 Å². The molecule has 162 valence electrons. The van der Waals surface area contributed by atoms with Crippen molar-refractivity contribution in [2.24, 2.45) is 12.2 Å². The molecule has 0 aliphatic heterocycles. The number of aromatic nitrogens is 2. The lowest BCUT2D eigenvalue weighted by Crippen LogP contribution is -2.41. The molecular formula is C18H17ClF3N3O5. The van der Waals surface area contributed by atoms with Gasteiger partial charge < -0.3 is 9.57 Å². The maximum atomic E-state index is 14.4. The highest BCUT2D eigenvalue weighted by atomic mass is 35.5. The Bertz CT molecular complexity index is 1110. The van der Waals surface area contributed by atoms with E-state index < -0.39 is 46.9 Å². The molecule has 0 atom stereocenters. The first kappa shape index (κ1) is 23.2. The third-order valence-electron chi connectivity index (χ3n) is 3.83. The van der Waals surface area contributed by atoms with Crippen molar-refractivity contribution in [2.45, 2.75) is 19.8 Å². The fourth-order valence-electron chi connectivity index (χ4n) is 2.48. The van der Waals surface area contributed by atoms with Crippen LogP contribution >= 0.6 is 11.6 Å². The van der Waals surface area contributed by atoms with Gasteiger partial charge in [0, 0.05) is 25.6 Å². The molecule has 0 saturated heterocycles. The molecule has 1 aromatic heterocycles. The van der Waals surface area contributed by atoms with Crippen molar-refractivity contribution >= 4 is 23.8 Å². The normalized spacial score (nSPS) is 11.7. The van der Waals surface area contributed by atoms with Gasteiger partial charge in [-0.05, 0) is 19.1 Å². The smallest absolute Gasteiger partial charge is 0.347 e. The van der Waals surface area contributed by atoms with Crippen molar-refractivity contribution in [3.63, 3.8) is 0 Å². The van der Waals surface area contributed by atoms with Gasteiger partial charge in [-0.15, -0.1) is 0 Å². The standard InChI is InChI=1S/C18H17ClF3N3O5/c1-4-29-16(27)9-30-23-8-10-5-13(12(20)6-11(10)19)25-15(26)7-14(18(2,21)22)24(3)17(25)28/h5-8H,4,9H2,1-3H3/b23-8+. The Labute approximate surface area is 173 Å². The van der Waals surface area contributed by atoms with E-state index in [1.54, 1.807) is 6.92 Å². The Kier molecular flexibility index (Phi) is 7.08. The minimum Gasteiger partial charge on any atom is -0.463 e. The largest absolute Gasteiger partial charge is 0.463 e. The molecule has 0 N–H and O–H groups in total. The zero-order valence-electron chi connectivity index (χ0n) is 16.1. The van der Waals surface area contributed by atoms with Gasteiger partial charge in [-0.1, -0.05) is 16.8 Å². The van der Waals surface area contributed by atoms with Crippen molar-refractivity contribution in [3.8, 4) is 5.69 Å². The summed E-state index contributed by atoms with van der Waals surface area (Å²) in [5, 5.41) is 3.36. The third kappa shape index (κ3) is 5.09. The van der Waals surface area contributed by atoms with E-state index in [9.17, 15) is 27.6 Å². The first-order valence-corrected chi connectivity index (χ1v) is 8.87. The minimum absolute atomic E-state index is 0.0378. The Morgan fingerprint density at radius 3 is 2.57 bits per heavy atom. The molecule has 8 nitrogen and oxygen atoms in total. The van der Waals surface area contributed by atoms with Gasteiger partial charge in [0.1, 0.15) is 5.82 Å². The number of alkyl halides is 2. The second-order valence-electron chi connectivity index (χ2n) is 6.07. The Balaban J connectivity index is 2.48. The number of halogens is 4. The number of hydrogen-bond donors (Lipinski definition) is 0. The summed E-state index contributed by atoms with van der Waals surface area (Å²) < 4.78 is 47.3. The van der Waals surface area contributed by atoms with E-state index in [4.69, 9.17) is 16.4 Å². The van der Waals surface area contributed by atoms with Crippen LogP contribution in [0.15, 0.2) is 32.9 Å². The van der Waals surface area contributed by atoms with Gasteiger partial charge in [0.15, 0.2) is 0 Å². The molecule has 0 aliphatic carbocycles. The lowest BCUT2D eigenvalue weighted by molar-refractivity contribution is -0.148. The molecular weight excluding hydrogens is 431 g/mol. The van der Waals surface area contributed by atoms with Crippen LogP contribution in [0.2, 0.25) is 5.02 Å². The second kappa shape index (κ2) is 9.16. The SMILES string of the molecule is CCOC(=O)CO/N=C/c1cc(-n2c(=O)cc(C(C)(F)F)n(C)c2=O)c(F)cc1Cl. The average Bonchev–Trinajstić information content (AvgIpc) is 2.64. The minimum atomic E-state index is -3.46. The molecule has 1 aromatic carbocycles. The highest BCUT2D eigenvalue weighted by molar-refractivity contribution is 6.33. The molecule has 0 radical (unpaired) electrons. The number of oxime groups is 1. The molecule has 0 spiro atoms. The predicted octanol–water partition coefficient (Wildman–Crippen LogP) is 2.35. The van der Waals surface area contributed by atoms with Gasteiger partial charge in [-0.3, -0.25) is 9.36 Å². The summed E-state index contributed by atoms with van der Waals surface area (Å²) in [7, 11) is 1.03. The van der Waals surface area contributed by atoms with E-state index in [0.717, 1.165) is 25.4 Å². The quantitative estimate of drug-likeness (QED) is 0.369. The maximum Gasteiger partial charge on any atom is 0.347 e. The molecule has 2 rings (SSSR count). The summed E-state index contributed by atoms with van der Waals surface area (Å²) in [6.07, 6.45) is 1.02. The van der Waals surface area contributed by atoms with Crippen molar-refractivity contribution in [3.05, 3.63) is 61.1 Å². The van der Waals surface area contributed by atoms with Crippen LogP contribution < -0.4 is 11.2 Å². The lowest BCUT2D eigenvalue weighted by atomic mass is 10.2. The Morgan fingerprint density at radius 1 is 1.30 bits per heavy atom. The van der Waals surface area contributed by atoms with Crippen LogP contribution in [0.3, 0.4) is 0 Å². The van der Waals surface area contributed by atoms with Crippen LogP contribution in [0.1, 0.15) is 25.1 Å². The van der Waals surface area contributed by atoms with Crippen molar-refractivity contribution in [1.82, 2.24) is 9.13 Å². The Morgan fingerprint density at radius 2 is 1.97 bits per heavy atom. The number of esters is 1. The molecule has 2 aromatic rings. The van der Waals surface area contributed by atoms with Crippen LogP contribution in [0, 0.1) is 5.82 Å². The van der Waals surface area contributed by atoms with Crippen molar-refractivity contribution < 1.29 is 27.5 Å². The number of carbonyl (C=O) groups is 1. The van der Waals surface area contributed by atoms with E-state index in [1.807, 2.05) is 0 Å². The van der Waals surface area contributed by atoms with Crippen LogP contribution in [-0.4, -0.2) is 34.5 Å². The lowest BCUT2D eigenvalue weighted by Gasteiger charge is -2.17. The molecule has 1 heterocycles. The van der Waals surface area contributed by atoms with Crippen LogP contribution in [0.5, 0.6) is 0 Å². The van der Waals surface area contributed by atoms with Gasteiger partial charge in [0.05, 0.1) is 29.2 Å². The number of benzene rings is 1. The van der Waals surface area contributed by atoms with E-state index in [2.05, 4.69) is 9.89 Å². The summed E-state index contributed by atoms with van der Waals surface area (Å²) in [6.45, 7) is 1.81. The Hall–Kier alpha value is -3.08. The second-order valence-corrected chi connectivity index (χ2v) is 6.48. The van der Waals surface area contributed by atoms with Crippen LogP contribution in [0.4, 0.5) is 13.2 Å². The molecule has 0 fully saturated rings. The molecule has 12 heteroatoms. The predicted molar refractivity (Wildman–Crippen MR) is 102 cm³/mol. The number of hydrogen-bond acceptors (Lipinski definition) is 6. The summed E-state index contributed by atoms with van der Waals surface area (Å²) in [6, 6.07) is 2.38. The molecule has 0 amide bonds. The van der Waals surface area contributed by atoms with Gasteiger partial charge in [0.2, 0.25) is 6.61 Å². The van der Waals surface area contributed by atoms with Gasteiger partial charge >= 0.3 is 11.7 Å². The number of nitrogens with zero attached hydrogens (tertiary/aromatic N) is 3. The number of rotatable bonds is 7. The summed E-state index contributed by atoms with van der Waals surface area (Å²) in [5.41, 5.74) is -3.64. The average molecular weight is 448 g/mol. The zero-order chi connectivity index (χ0) is 22.6. The number of ether oxygens (including phenoxy) is 1. The molecule has 0 bridgehead atoms. The van der Waals surface area contributed by atoms with E-state index in [-0.39, 0.29) is 17.2 Å². The first-order valence-electron chi connectivity index (χ1n) is 8.49. The highest BCUT2D eigenvalue weighted by Crippen LogP contribution is 2.25. The molecule has 0 saturated carbocycles. The fraction of sp³-hybridized carbons (Fsp3) is 0.333. The molecule has 0 unspecified atom stereocenters. The summed E-state index contributed by atoms with van der Waals surface area (Å²) in [4.78, 5) is 40.7. The highest BCUT2D eigenvalue weighted by Gasteiger charge is 2.29. The van der Waals surface area contributed by atoms with Crippen molar-refractivity contribution in [1.29, 1.82) is 0 Å². The van der Waals surface area contributed by atoms with Crippen molar-refractivity contribution in [2.75, 3.05) is 13.2 Å². The summed E-state index contributed by atoms with van der Waals surface area (Å²) >= 11 is 5.93. The van der Waals surface area contributed by atoms with E-state index in [1.165, 1.54) is 0 Å². The number of carbonyl (C=O) groups excluding carboxylic acids is 1. The van der Waals surface area contributed by atoms with Crippen LogP contribution in [-0.2, 0) is 27.3 Å². The maximum absolute atomic E-state index is 14.4. The van der Waals surface area contributed by atoms with Gasteiger partial charge in [-0.2, -0.15) is 0 Å². The monoisotopic (exact) mass is 447 g/mol. The van der Waals surface area contributed by atoms with E-state index in [0.29, 0.717) is 22.1 Å². The third-order valence-corrected chi connectivity index (χ3v) is 4.16. The van der Waals surface area contributed by atoms with Crippen LogP contribution in [0.25, 0.3) is 5.69 Å². The summed E-state index contributed by atoms with van der Waals surface area (Å²) in [5.74, 6) is -5.16. The first-order chi connectivity index (χ1) is 14.0. The van der Waals surface area contributed by atoms with Gasteiger partial charge in [-0.25, -0.2) is 27.3 Å². The van der Waals surface area contributed by atoms with Gasteiger partial charge in [0.25, 0.3) is 11.5 Å².